The first kappa shape index (κ1) is 22.2. The molecular weight excluding hydrogens is 384 g/mol. The Kier molecular flexibility index (Phi) is 6.35. The molecule has 168 valence electrons. The van der Waals surface area contributed by atoms with Crippen LogP contribution in [-0.4, -0.2) is 26.4 Å². The average molecular weight is 423 g/mol. The van der Waals surface area contributed by atoms with Gasteiger partial charge in [-0.3, -0.25) is 0 Å². The number of ether oxygens (including phenoxy) is 3. The Morgan fingerprint density at radius 3 is 1.52 bits per heavy atom. The number of rotatable bonds is 10. The lowest BCUT2D eigenvalue weighted by Crippen LogP contribution is -2.46. The van der Waals surface area contributed by atoms with Crippen LogP contribution < -0.4 is 9.47 Å². The Morgan fingerprint density at radius 1 is 0.742 bits per heavy atom. The zero-order valence-electron chi connectivity index (χ0n) is 19.7. The first-order chi connectivity index (χ1) is 14.9. The highest BCUT2D eigenvalue weighted by Crippen LogP contribution is 2.44. The first-order valence-electron chi connectivity index (χ1n) is 11.9. The molecule has 2 aromatic rings. The van der Waals surface area contributed by atoms with Crippen LogP contribution in [0.15, 0.2) is 48.5 Å². The van der Waals surface area contributed by atoms with Crippen molar-refractivity contribution in [2.24, 2.45) is 10.8 Å². The number of benzene rings is 2. The lowest BCUT2D eigenvalue weighted by atomic mass is 9.68. The minimum Gasteiger partial charge on any atom is -0.493 e. The van der Waals surface area contributed by atoms with Gasteiger partial charge in [0.05, 0.1) is 31.8 Å². The molecule has 1 saturated heterocycles. The summed E-state index contributed by atoms with van der Waals surface area (Å²) in [7, 11) is 0. The van der Waals surface area contributed by atoms with Crippen molar-refractivity contribution in [1.82, 2.24) is 0 Å². The maximum atomic E-state index is 6.15. The van der Waals surface area contributed by atoms with Gasteiger partial charge in [-0.15, -0.1) is 0 Å². The summed E-state index contributed by atoms with van der Waals surface area (Å²) in [4.78, 5) is 0. The fourth-order valence-corrected chi connectivity index (χ4v) is 4.63. The van der Waals surface area contributed by atoms with E-state index >= 15 is 0 Å². The standard InChI is InChI=1S/C28H38O3/c1-5-27(16-7-17-27)20-30-24-12-8-22(9-13-24)26(3,4)23-10-14-25(15-11-23)31-21-28(6-2)18-29-19-28/h8-15H,5-7,16-21H2,1-4H3. The maximum Gasteiger partial charge on any atom is 0.119 e. The Labute approximate surface area is 188 Å². The second-order valence-electron chi connectivity index (χ2n) is 10.3. The zero-order chi connectivity index (χ0) is 22.0. The van der Waals surface area contributed by atoms with Crippen LogP contribution in [0, 0.1) is 10.8 Å². The molecule has 4 rings (SSSR count). The number of hydrogen-bond donors (Lipinski definition) is 0. The van der Waals surface area contributed by atoms with Gasteiger partial charge in [-0.2, -0.15) is 0 Å². The predicted molar refractivity (Wildman–Crippen MR) is 126 cm³/mol. The highest BCUT2D eigenvalue weighted by atomic mass is 16.5. The van der Waals surface area contributed by atoms with Gasteiger partial charge >= 0.3 is 0 Å². The van der Waals surface area contributed by atoms with Gasteiger partial charge in [0.25, 0.3) is 0 Å². The summed E-state index contributed by atoms with van der Waals surface area (Å²) in [5.74, 6) is 1.91. The van der Waals surface area contributed by atoms with Crippen LogP contribution in [0.3, 0.4) is 0 Å². The third-order valence-corrected chi connectivity index (χ3v) is 7.97. The molecule has 1 saturated carbocycles. The monoisotopic (exact) mass is 422 g/mol. The Hall–Kier alpha value is -2.00. The van der Waals surface area contributed by atoms with Crippen LogP contribution in [-0.2, 0) is 10.2 Å². The van der Waals surface area contributed by atoms with Gasteiger partial charge in [-0.25, -0.2) is 0 Å². The van der Waals surface area contributed by atoms with Gasteiger partial charge in [-0.1, -0.05) is 58.4 Å². The summed E-state index contributed by atoms with van der Waals surface area (Å²) in [5.41, 5.74) is 3.12. The van der Waals surface area contributed by atoms with Crippen molar-refractivity contribution in [2.45, 2.75) is 65.2 Å². The average Bonchev–Trinajstić information content (AvgIpc) is 2.73. The molecule has 0 amide bonds. The predicted octanol–water partition coefficient (Wildman–Crippen LogP) is 6.78. The molecule has 2 aliphatic rings. The molecule has 1 heterocycles. The Bertz CT molecular complexity index is 760. The zero-order valence-corrected chi connectivity index (χ0v) is 19.7. The van der Waals surface area contributed by atoms with E-state index in [0.29, 0.717) is 5.41 Å². The third-order valence-electron chi connectivity index (χ3n) is 7.97. The van der Waals surface area contributed by atoms with Crippen molar-refractivity contribution >= 4 is 0 Å². The summed E-state index contributed by atoms with van der Waals surface area (Å²) in [5, 5.41) is 0. The van der Waals surface area contributed by atoms with Crippen LogP contribution in [0.5, 0.6) is 11.5 Å². The van der Waals surface area contributed by atoms with E-state index in [2.05, 4.69) is 76.2 Å². The summed E-state index contributed by atoms with van der Waals surface area (Å²) < 4.78 is 17.6. The summed E-state index contributed by atoms with van der Waals surface area (Å²) in [6, 6.07) is 17.2. The maximum absolute atomic E-state index is 6.15. The van der Waals surface area contributed by atoms with Crippen LogP contribution in [0.1, 0.15) is 70.9 Å². The van der Waals surface area contributed by atoms with Crippen LogP contribution in [0.4, 0.5) is 0 Å². The third kappa shape index (κ3) is 4.62. The van der Waals surface area contributed by atoms with Crippen LogP contribution >= 0.6 is 0 Å². The van der Waals surface area contributed by atoms with Gasteiger partial charge in [0.1, 0.15) is 11.5 Å². The molecule has 0 spiro atoms. The molecule has 2 fully saturated rings. The molecule has 0 N–H and O–H groups in total. The van der Waals surface area contributed by atoms with E-state index in [1.165, 1.54) is 36.8 Å². The summed E-state index contributed by atoms with van der Waals surface area (Å²) in [6.45, 7) is 12.2. The lowest BCUT2D eigenvalue weighted by molar-refractivity contribution is -0.133. The topological polar surface area (TPSA) is 27.7 Å². The first-order valence-corrected chi connectivity index (χ1v) is 11.9. The van der Waals surface area contributed by atoms with Crippen LogP contribution in [0.25, 0.3) is 0 Å². The van der Waals surface area contributed by atoms with E-state index in [0.717, 1.165) is 44.3 Å². The molecule has 2 aromatic carbocycles. The SMILES string of the molecule is CCC1(COc2ccc(C(C)(C)c3ccc(OCC4(CC)COC4)cc3)cc2)CCC1. The smallest absolute Gasteiger partial charge is 0.119 e. The van der Waals surface area contributed by atoms with E-state index in [-0.39, 0.29) is 10.8 Å². The molecule has 3 heteroatoms. The highest BCUT2D eigenvalue weighted by Gasteiger charge is 2.38. The fourth-order valence-electron chi connectivity index (χ4n) is 4.63. The summed E-state index contributed by atoms with van der Waals surface area (Å²) >= 11 is 0. The molecule has 1 aliphatic carbocycles. The highest BCUT2D eigenvalue weighted by molar-refractivity contribution is 5.41. The van der Waals surface area contributed by atoms with Gasteiger partial charge in [0, 0.05) is 10.8 Å². The molecule has 3 nitrogen and oxygen atoms in total. The van der Waals surface area contributed by atoms with Gasteiger partial charge < -0.3 is 14.2 Å². The molecular formula is C28H38O3. The van der Waals surface area contributed by atoms with Crippen molar-refractivity contribution in [3.8, 4) is 11.5 Å². The lowest BCUT2D eigenvalue weighted by Gasteiger charge is -2.40. The normalized spacial score (nSPS) is 19.2. The van der Waals surface area contributed by atoms with E-state index in [9.17, 15) is 0 Å². The quantitative estimate of drug-likeness (QED) is 0.422. The van der Waals surface area contributed by atoms with Crippen molar-refractivity contribution in [3.05, 3.63) is 59.7 Å². The Morgan fingerprint density at radius 2 is 1.19 bits per heavy atom. The van der Waals surface area contributed by atoms with E-state index in [4.69, 9.17) is 14.2 Å². The largest absolute Gasteiger partial charge is 0.493 e. The van der Waals surface area contributed by atoms with Crippen molar-refractivity contribution < 1.29 is 14.2 Å². The van der Waals surface area contributed by atoms with Crippen molar-refractivity contribution in [2.75, 3.05) is 26.4 Å². The van der Waals surface area contributed by atoms with E-state index in [1.54, 1.807) is 0 Å². The molecule has 0 aromatic heterocycles. The second kappa shape index (κ2) is 8.86. The summed E-state index contributed by atoms with van der Waals surface area (Å²) in [6.07, 6.45) is 6.27. The van der Waals surface area contributed by atoms with E-state index in [1.807, 2.05) is 0 Å². The van der Waals surface area contributed by atoms with E-state index < -0.39 is 0 Å². The minimum absolute atomic E-state index is 0.0812. The van der Waals surface area contributed by atoms with Crippen molar-refractivity contribution in [3.63, 3.8) is 0 Å². The molecule has 0 atom stereocenters. The molecule has 1 aliphatic heterocycles. The van der Waals surface area contributed by atoms with Crippen molar-refractivity contribution in [1.29, 1.82) is 0 Å². The molecule has 0 unspecified atom stereocenters. The van der Waals surface area contributed by atoms with Gasteiger partial charge in [-0.05, 0) is 61.1 Å². The molecule has 0 bridgehead atoms. The van der Waals surface area contributed by atoms with Crippen LogP contribution in [0.2, 0.25) is 0 Å². The molecule has 0 radical (unpaired) electrons. The Balaban J connectivity index is 1.37. The fraction of sp³-hybridized carbons (Fsp3) is 0.571. The van der Waals surface area contributed by atoms with Gasteiger partial charge in [0.15, 0.2) is 0 Å². The molecule has 31 heavy (non-hydrogen) atoms. The second-order valence-corrected chi connectivity index (χ2v) is 10.3. The van der Waals surface area contributed by atoms with Gasteiger partial charge in [0.2, 0.25) is 0 Å². The number of hydrogen-bond acceptors (Lipinski definition) is 3. The minimum atomic E-state index is -0.0812.